The van der Waals surface area contributed by atoms with E-state index in [1.54, 1.807) is 6.20 Å². The molecule has 1 amide bonds. The number of rotatable bonds is 5. The molecule has 0 N–H and O–H groups in total. The lowest BCUT2D eigenvalue weighted by molar-refractivity contribution is -0.141. The zero-order valence-corrected chi connectivity index (χ0v) is 19.4. The number of hydrogen-bond acceptors (Lipinski definition) is 5. The number of alkyl halides is 3. The summed E-state index contributed by atoms with van der Waals surface area (Å²) in [5.41, 5.74) is 2.33. The third-order valence-corrected chi connectivity index (χ3v) is 6.29. The maximum atomic E-state index is 13.8. The van der Waals surface area contributed by atoms with Crippen LogP contribution in [0.25, 0.3) is 5.69 Å². The molecule has 7 nitrogen and oxygen atoms in total. The maximum Gasteiger partial charge on any atom is 0.435 e. The van der Waals surface area contributed by atoms with Gasteiger partial charge >= 0.3 is 6.18 Å². The maximum absolute atomic E-state index is 13.8. The van der Waals surface area contributed by atoms with Gasteiger partial charge in [-0.2, -0.15) is 33.3 Å². The third-order valence-electron chi connectivity index (χ3n) is 6.29. The fourth-order valence-electron chi connectivity index (χ4n) is 4.49. The van der Waals surface area contributed by atoms with Crippen LogP contribution in [0.1, 0.15) is 59.2 Å². The topological polar surface area (TPSA) is 76.8 Å². The number of aromatic nitrogens is 5. The van der Waals surface area contributed by atoms with Crippen molar-refractivity contribution in [1.82, 2.24) is 30.1 Å². The van der Waals surface area contributed by atoms with Crippen LogP contribution in [-0.2, 0) is 12.6 Å². The predicted octanol–water partition coefficient (Wildman–Crippen LogP) is 4.57. The highest BCUT2D eigenvalue weighted by Gasteiger charge is 2.34. The Balaban J connectivity index is 1.57. The lowest BCUT2D eigenvalue weighted by Gasteiger charge is -2.40. The van der Waals surface area contributed by atoms with Crippen LogP contribution in [0.15, 0.2) is 36.5 Å². The number of hydrogen-bond donors (Lipinski definition) is 0. The molecule has 0 bridgehead atoms. The van der Waals surface area contributed by atoms with E-state index in [-0.39, 0.29) is 17.9 Å². The Morgan fingerprint density at radius 1 is 1.15 bits per heavy atom. The minimum Gasteiger partial charge on any atom is -0.335 e. The zero-order chi connectivity index (χ0) is 24.5. The number of likely N-dealkylation sites (tertiary alicyclic amines) is 1. The molecule has 3 heterocycles. The minimum atomic E-state index is -4.51. The number of carbonyl (C=O) groups is 1. The number of halogens is 3. The minimum absolute atomic E-state index is 0.0639. The average molecular weight is 473 g/mol. The van der Waals surface area contributed by atoms with Gasteiger partial charge in [-0.3, -0.25) is 4.79 Å². The van der Waals surface area contributed by atoms with Gasteiger partial charge in [0.15, 0.2) is 5.69 Å². The van der Waals surface area contributed by atoms with E-state index in [0.717, 1.165) is 30.2 Å². The Morgan fingerprint density at radius 2 is 1.94 bits per heavy atom. The van der Waals surface area contributed by atoms with Crippen LogP contribution < -0.4 is 0 Å². The summed E-state index contributed by atoms with van der Waals surface area (Å²) in [6.45, 7) is 6.50. The number of piperidine rings is 1. The lowest BCUT2D eigenvalue weighted by atomic mass is 9.86. The van der Waals surface area contributed by atoms with E-state index in [9.17, 15) is 18.0 Å². The molecular formula is C24H27F3N6O. The first-order valence-electron chi connectivity index (χ1n) is 11.3. The summed E-state index contributed by atoms with van der Waals surface area (Å²) in [7, 11) is 0. The monoisotopic (exact) mass is 472 g/mol. The molecule has 1 fully saturated rings. The highest BCUT2D eigenvalue weighted by molar-refractivity contribution is 5.98. The van der Waals surface area contributed by atoms with Crippen LogP contribution in [0.4, 0.5) is 13.2 Å². The molecule has 4 rings (SSSR count). The SMILES string of the molecule is Cc1ccc(-n2ncc(C)n2)c(C(=O)N2CCC[C@@H](C)[C@H]2CCc2ccc(C(F)(F)F)nn2)c1. The van der Waals surface area contributed by atoms with E-state index in [0.29, 0.717) is 36.3 Å². The van der Waals surface area contributed by atoms with Gasteiger partial charge in [-0.05, 0) is 69.7 Å². The van der Waals surface area contributed by atoms with Crippen LogP contribution in [0, 0.1) is 19.8 Å². The van der Waals surface area contributed by atoms with E-state index >= 15 is 0 Å². The van der Waals surface area contributed by atoms with Crippen molar-refractivity contribution >= 4 is 5.91 Å². The summed E-state index contributed by atoms with van der Waals surface area (Å²) in [5.74, 6) is 0.155. The molecule has 0 unspecified atom stereocenters. The van der Waals surface area contributed by atoms with E-state index in [1.807, 2.05) is 36.9 Å². The molecule has 0 radical (unpaired) electrons. The number of benzene rings is 1. The summed E-state index contributed by atoms with van der Waals surface area (Å²) in [6, 6.07) is 7.87. The van der Waals surface area contributed by atoms with Crippen molar-refractivity contribution in [1.29, 1.82) is 0 Å². The number of carbonyl (C=O) groups excluding carboxylic acids is 1. The van der Waals surface area contributed by atoms with Crippen LogP contribution in [-0.4, -0.2) is 48.6 Å². The number of nitrogens with zero attached hydrogens (tertiary/aromatic N) is 6. The van der Waals surface area contributed by atoms with Gasteiger partial charge in [0.05, 0.1) is 28.8 Å². The molecule has 2 aromatic heterocycles. The largest absolute Gasteiger partial charge is 0.435 e. The summed E-state index contributed by atoms with van der Waals surface area (Å²) in [4.78, 5) is 17.1. The van der Waals surface area contributed by atoms with Gasteiger partial charge < -0.3 is 4.90 Å². The summed E-state index contributed by atoms with van der Waals surface area (Å²) in [6.07, 6.45) is 0.0281. The molecule has 1 aliphatic rings. The lowest BCUT2D eigenvalue weighted by Crippen LogP contribution is -2.48. The molecule has 1 saturated heterocycles. The zero-order valence-electron chi connectivity index (χ0n) is 19.4. The molecule has 3 aromatic rings. The van der Waals surface area contributed by atoms with Gasteiger partial charge in [0.1, 0.15) is 0 Å². The molecule has 0 spiro atoms. The van der Waals surface area contributed by atoms with Crippen molar-refractivity contribution in [2.45, 2.75) is 58.7 Å². The Labute approximate surface area is 196 Å². The molecule has 34 heavy (non-hydrogen) atoms. The Bertz CT molecular complexity index is 1160. The highest BCUT2D eigenvalue weighted by atomic mass is 19.4. The van der Waals surface area contributed by atoms with Crippen LogP contribution in [0.5, 0.6) is 0 Å². The van der Waals surface area contributed by atoms with E-state index in [4.69, 9.17) is 0 Å². The number of aryl methyl sites for hydroxylation is 3. The van der Waals surface area contributed by atoms with E-state index < -0.39 is 11.9 Å². The van der Waals surface area contributed by atoms with Gasteiger partial charge in [-0.1, -0.05) is 18.6 Å². The highest BCUT2D eigenvalue weighted by Crippen LogP contribution is 2.30. The molecule has 0 aliphatic carbocycles. The van der Waals surface area contributed by atoms with Crippen molar-refractivity contribution in [3.63, 3.8) is 0 Å². The van der Waals surface area contributed by atoms with Crippen molar-refractivity contribution in [3.8, 4) is 5.69 Å². The first kappa shape index (κ1) is 23.8. The first-order valence-corrected chi connectivity index (χ1v) is 11.3. The molecule has 2 atom stereocenters. The number of amides is 1. The molecule has 180 valence electrons. The average Bonchev–Trinajstić information content (AvgIpc) is 3.23. The summed E-state index contributed by atoms with van der Waals surface area (Å²) < 4.78 is 38.3. The Kier molecular flexibility index (Phi) is 6.67. The van der Waals surface area contributed by atoms with Crippen molar-refractivity contribution in [2.75, 3.05) is 6.54 Å². The second kappa shape index (κ2) is 9.52. The fraction of sp³-hybridized carbons (Fsp3) is 0.458. The molecule has 0 saturated carbocycles. The molecule has 1 aromatic carbocycles. The fourth-order valence-corrected chi connectivity index (χ4v) is 4.49. The Hall–Kier alpha value is -3.30. The van der Waals surface area contributed by atoms with Crippen molar-refractivity contribution in [2.24, 2.45) is 5.92 Å². The Morgan fingerprint density at radius 3 is 2.59 bits per heavy atom. The second-order valence-corrected chi connectivity index (χ2v) is 8.93. The van der Waals surface area contributed by atoms with Gasteiger partial charge in [0.25, 0.3) is 5.91 Å². The summed E-state index contributed by atoms with van der Waals surface area (Å²) in [5, 5.41) is 15.7. The van der Waals surface area contributed by atoms with Crippen molar-refractivity contribution < 1.29 is 18.0 Å². The van der Waals surface area contributed by atoms with E-state index in [2.05, 4.69) is 27.3 Å². The second-order valence-electron chi connectivity index (χ2n) is 8.93. The third kappa shape index (κ3) is 5.10. The van der Waals surface area contributed by atoms with Crippen LogP contribution in [0.3, 0.4) is 0 Å². The van der Waals surface area contributed by atoms with Gasteiger partial charge in [-0.25, -0.2) is 0 Å². The predicted molar refractivity (Wildman–Crippen MR) is 119 cm³/mol. The quantitative estimate of drug-likeness (QED) is 0.544. The van der Waals surface area contributed by atoms with Crippen LogP contribution >= 0.6 is 0 Å². The van der Waals surface area contributed by atoms with E-state index in [1.165, 1.54) is 10.9 Å². The molecular weight excluding hydrogens is 445 g/mol. The normalized spacial score (nSPS) is 18.8. The summed E-state index contributed by atoms with van der Waals surface area (Å²) >= 11 is 0. The van der Waals surface area contributed by atoms with Crippen LogP contribution in [0.2, 0.25) is 0 Å². The van der Waals surface area contributed by atoms with Gasteiger partial charge in [-0.15, -0.1) is 5.10 Å². The first-order chi connectivity index (χ1) is 16.1. The van der Waals surface area contributed by atoms with Crippen molar-refractivity contribution in [3.05, 3.63) is 64.7 Å². The van der Waals surface area contributed by atoms with Gasteiger partial charge in [0.2, 0.25) is 0 Å². The standard InChI is InChI=1S/C24H27F3N6O/c1-15-6-9-21(33-28-14-17(3)31-33)19(13-15)23(34)32-12-4-5-16(2)20(32)10-7-18-8-11-22(30-29-18)24(25,26)27/h6,8-9,11,13-14,16,20H,4-5,7,10,12H2,1-3H3/t16-,20-/m1/s1. The smallest absolute Gasteiger partial charge is 0.335 e. The molecule has 1 aliphatic heterocycles. The van der Waals surface area contributed by atoms with Gasteiger partial charge in [0, 0.05) is 12.6 Å². The molecule has 10 heteroatoms.